The minimum absolute atomic E-state index is 0.537. The lowest BCUT2D eigenvalue weighted by Gasteiger charge is -2.09. The second kappa shape index (κ2) is 15.4. The maximum atomic E-state index is 8.77. The van der Waals surface area contributed by atoms with Gasteiger partial charge >= 0.3 is 0 Å². The molecule has 0 spiro atoms. The van der Waals surface area contributed by atoms with Crippen LogP contribution in [0.15, 0.2) is 145 Å². The van der Waals surface area contributed by atoms with Crippen LogP contribution in [-0.2, 0) is 12.8 Å². The van der Waals surface area contributed by atoms with Gasteiger partial charge in [-0.05, 0) is 107 Å². The van der Waals surface area contributed by atoms with E-state index in [1.807, 2.05) is 25.0 Å². The van der Waals surface area contributed by atoms with E-state index >= 15 is 0 Å². The number of pyridine rings is 2. The van der Waals surface area contributed by atoms with Crippen LogP contribution in [0.2, 0.25) is 0 Å². The molecule has 0 bridgehead atoms. The Balaban J connectivity index is 0.000000146. The molecule has 0 unspecified atom stereocenters. The molecule has 10 heteroatoms. The quantitative estimate of drug-likeness (QED) is 0.152. The number of aromatic nitrogens is 6. The lowest BCUT2D eigenvalue weighted by atomic mass is 10.1. The highest BCUT2D eigenvalue weighted by atomic mass is 32.1. The van der Waals surface area contributed by atoms with Gasteiger partial charge in [-0.3, -0.25) is 19.1 Å². The van der Waals surface area contributed by atoms with Gasteiger partial charge < -0.3 is 0 Å². The van der Waals surface area contributed by atoms with Crippen molar-refractivity contribution in [2.24, 2.45) is 0 Å². The molecule has 10 aromatic rings. The predicted octanol–water partition coefficient (Wildman–Crippen LogP) is 11.5. The highest BCUT2D eigenvalue weighted by Gasteiger charge is 2.13. The number of nitrogens with zero attached hydrogens (tertiary/aromatic N) is 8. The number of rotatable bonds is 8. The van der Waals surface area contributed by atoms with Crippen molar-refractivity contribution in [3.8, 4) is 44.4 Å². The van der Waals surface area contributed by atoms with Crippen molar-refractivity contribution in [1.82, 2.24) is 29.1 Å². The summed E-state index contributed by atoms with van der Waals surface area (Å²) in [6.45, 7) is 0. The number of fused-ring (bicyclic) bond motifs is 6. The number of benzene rings is 4. The fourth-order valence-corrected chi connectivity index (χ4v) is 8.47. The largest absolute Gasteiger partial charge is 0.298 e. The summed E-state index contributed by atoms with van der Waals surface area (Å²) in [5.41, 5.74) is 12.6. The Morgan fingerprint density at radius 3 is 1.34 bits per heavy atom. The molecular formula is C46H32N8S2. The Labute approximate surface area is 330 Å². The first-order valence-corrected chi connectivity index (χ1v) is 19.9. The van der Waals surface area contributed by atoms with Crippen molar-refractivity contribution in [1.29, 1.82) is 10.5 Å². The highest BCUT2D eigenvalue weighted by molar-refractivity contribution is 7.13. The molecule has 0 fully saturated rings. The number of thiophene rings is 2. The van der Waals surface area contributed by atoms with E-state index in [2.05, 4.69) is 161 Å². The first kappa shape index (κ1) is 34.8. The van der Waals surface area contributed by atoms with Crippen LogP contribution >= 0.6 is 22.7 Å². The lowest BCUT2D eigenvalue weighted by molar-refractivity contribution is 1.00. The highest BCUT2D eigenvalue weighted by Crippen LogP contribution is 2.33. The second-order valence-corrected chi connectivity index (χ2v) is 15.2. The van der Waals surface area contributed by atoms with E-state index in [1.165, 1.54) is 32.0 Å². The molecule has 268 valence electrons. The minimum atomic E-state index is 0.537. The van der Waals surface area contributed by atoms with Gasteiger partial charge in [0.05, 0.1) is 46.6 Å². The Kier molecular flexibility index (Phi) is 9.56. The average molecular weight is 761 g/mol. The molecule has 4 aromatic carbocycles. The molecule has 0 saturated carbocycles. The molecule has 0 aliphatic rings. The SMILES string of the molecule is N#CCCc1ccc(-n2cnc3cnc4ccc(-c5cccs5)cc4c32)cc1.N#CCCc1ccc(-n2cnc3cnc4ccc(-c5cccs5)cc4c32)cc1. The number of aryl methyl sites for hydroxylation is 2. The molecule has 56 heavy (non-hydrogen) atoms. The number of imidazole rings is 2. The van der Waals surface area contributed by atoms with E-state index in [1.54, 1.807) is 22.7 Å². The van der Waals surface area contributed by atoms with E-state index in [0.29, 0.717) is 12.8 Å². The molecule has 6 heterocycles. The first-order valence-electron chi connectivity index (χ1n) is 18.2. The Morgan fingerprint density at radius 1 is 0.500 bits per heavy atom. The van der Waals surface area contributed by atoms with Gasteiger partial charge in [-0.2, -0.15) is 10.5 Å². The second-order valence-electron chi connectivity index (χ2n) is 13.3. The van der Waals surface area contributed by atoms with Gasteiger partial charge in [-0.15, -0.1) is 22.7 Å². The standard InChI is InChI=1S/2C23H16N4S/c2*24-11-1-3-16-5-8-18(9-6-16)27-15-26-21-14-25-20-10-7-17(13-19(20)23(21)27)22-4-2-12-28-22/h2*2,4-10,12-15H,1,3H2. The predicted molar refractivity (Wildman–Crippen MR) is 227 cm³/mol. The molecule has 8 nitrogen and oxygen atoms in total. The zero-order chi connectivity index (χ0) is 37.8. The van der Waals surface area contributed by atoms with Crippen molar-refractivity contribution in [2.45, 2.75) is 25.7 Å². The lowest BCUT2D eigenvalue weighted by Crippen LogP contribution is -1.94. The molecule has 6 aromatic heterocycles. The van der Waals surface area contributed by atoms with Gasteiger partial charge in [0.1, 0.15) is 23.7 Å². The van der Waals surface area contributed by atoms with Crippen LogP contribution in [0.4, 0.5) is 0 Å². The van der Waals surface area contributed by atoms with Crippen LogP contribution in [-0.4, -0.2) is 29.1 Å². The Bertz CT molecular complexity index is 2830. The molecule has 0 aliphatic carbocycles. The van der Waals surface area contributed by atoms with Crippen molar-refractivity contribution >= 4 is 66.5 Å². The first-order chi connectivity index (χ1) is 27.7. The van der Waals surface area contributed by atoms with Crippen molar-refractivity contribution in [3.05, 3.63) is 156 Å². The average Bonchev–Trinajstić information content (AvgIpc) is 4.10. The number of nitriles is 2. The van der Waals surface area contributed by atoms with E-state index in [9.17, 15) is 0 Å². The van der Waals surface area contributed by atoms with Crippen molar-refractivity contribution < 1.29 is 0 Å². The van der Waals surface area contributed by atoms with E-state index in [-0.39, 0.29) is 0 Å². The zero-order valence-corrected chi connectivity index (χ0v) is 31.7. The smallest absolute Gasteiger partial charge is 0.108 e. The minimum Gasteiger partial charge on any atom is -0.298 e. The summed E-state index contributed by atoms with van der Waals surface area (Å²) in [4.78, 5) is 20.8. The molecular weight excluding hydrogens is 729 g/mol. The third kappa shape index (κ3) is 6.80. The summed E-state index contributed by atoms with van der Waals surface area (Å²) in [6, 6.07) is 42.3. The summed E-state index contributed by atoms with van der Waals surface area (Å²) in [6.07, 6.45) is 10.0. The topological polar surface area (TPSA) is 109 Å². The molecule has 0 amide bonds. The van der Waals surface area contributed by atoms with Gasteiger partial charge in [0, 0.05) is 44.7 Å². The fraction of sp³-hybridized carbons (Fsp3) is 0.0870. The number of hydrogen-bond donors (Lipinski definition) is 0. The van der Waals surface area contributed by atoms with Gasteiger partial charge in [-0.1, -0.05) is 48.5 Å². The fourth-order valence-electron chi connectivity index (χ4n) is 7.02. The van der Waals surface area contributed by atoms with E-state index in [0.717, 1.165) is 68.1 Å². The Morgan fingerprint density at radius 2 is 0.946 bits per heavy atom. The summed E-state index contributed by atoms with van der Waals surface area (Å²) in [7, 11) is 0. The van der Waals surface area contributed by atoms with Crippen LogP contribution in [0.5, 0.6) is 0 Å². The molecule has 0 radical (unpaired) electrons. The van der Waals surface area contributed by atoms with Crippen LogP contribution in [0, 0.1) is 22.7 Å². The van der Waals surface area contributed by atoms with Crippen molar-refractivity contribution in [3.63, 3.8) is 0 Å². The summed E-state index contributed by atoms with van der Waals surface area (Å²) >= 11 is 3.47. The van der Waals surface area contributed by atoms with Crippen LogP contribution in [0.3, 0.4) is 0 Å². The van der Waals surface area contributed by atoms with Crippen LogP contribution < -0.4 is 0 Å². The molecule has 0 N–H and O–H groups in total. The van der Waals surface area contributed by atoms with Crippen molar-refractivity contribution in [2.75, 3.05) is 0 Å². The summed E-state index contributed by atoms with van der Waals surface area (Å²) in [5.74, 6) is 0. The zero-order valence-electron chi connectivity index (χ0n) is 30.1. The molecule has 10 rings (SSSR count). The van der Waals surface area contributed by atoms with Crippen LogP contribution in [0.25, 0.3) is 76.1 Å². The summed E-state index contributed by atoms with van der Waals surface area (Å²) < 4.78 is 4.23. The van der Waals surface area contributed by atoms with Gasteiger partial charge in [0.15, 0.2) is 0 Å². The maximum absolute atomic E-state index is 8.77. The summed E-state index contributed by atoms with van der Waals surface area (Å²) in [5, 5.41) is 23.9. The molecule has 0 saturated heterocycles. The maximum Gasteiger partial charge on any atom is 0.108 e. The van der Waals surface area contributed by atoms with Crippen LogP contribution in [0.1, 0.15) is 24.0 Å². The van der Waals surface area contributed by atoms with Gasteiger partial charge in [0.25, 0.3) is 0 Å². The molecule has 0 atom stereocenters. The van der Waals surface area contributed by atoms with Gasteiger partial charge in [-0.25, -0.2) is 9.97 Å². The third-order valence-corrected chi connectivity index (χ3v) is 11.7. The molecule has 0 aliphatic heterocycles. The number of hydrogen-bond acceptors (Lipinski definition) is 8. The normalized spacial score (nSPS) is 11.1. The third-order valence-electron chi connectivity index (χ3n) is 9.84. The van der Waals surface area contributed by atoms with E-state index in [4.69, 9.17) is 10.5 Å². The Hall–Kier alpha value is -6.98. The monoisotopic (exact) mass is 760 g/mol. The van der Waals surface area contributed by atoms with E-state index < -0.39 is 0 Å². The van der Waals surface area contributed by atoms with Gasteiger partial charge in [0.2, 0.25) is 0 Å².